The van der Waals surface area contributed by atoms with Gasteiger partial charge in [-0.1, -0.05) is 20.8 Å². The van der Waals surface area contributed by atoms with Gasteiger partial charge in [0.05, 0.1) is 12.1 Å². The number of anilines is 1. The van der Waals surface area contributed by atoms with E-state index in [9.17, 15) is 4.79 Å². The van der Waals surface area contributed by atoms with E-state index in [2.05, 4.69) is 44.5 Å². The molecule has 0 saturated carbocycles. The van der Waals surface area contributed by atoms with E-state index in [1.54, 1.807) is 0 Å². The van der Waals surface area contributed by atoms with Gasteiger partial charge < -0.3 is 10.0 Å². The first-order valence-electron chi connectivity index (χ1n) is 6.26. The van der Waals surface area contributed by atoms with Crippen LogP contribution < -0.4 is 4.90 Å². The van der Waals surface area contributed by atoms with Crippen molar-refractivity contribution in [3.8, 4) is 0 Å². The van der Waals surface area contributed by atoms with Crippen LogP contribution in [0.2, 0.25) is 0 Å². The molecule has 1 heterocycles. The Morgan fingerprint density at radius 2 is 1.89 bits per heavy atom. The van der Waals surface area contributed by atoms with Gasteiger partial charge in [0.1, 0.15) is 0 Å². The number of hydrogen-bond acceptors (Lipinski definition) is 4. The summed E-state index contributed by atoms with van der Waals surface area (Å²) >= 11 is 1.51. The first-order valence-corrected chi connectivity index (χ1v) is 7.08. The Balaban J connectivity index is 3.18. The van der Waals surface area contributed by atoms with Crippen molar-refractivity contribution < 1.29 is 9.90 Å². The van der Waals surface area contributed by atoms with Gasteiger partial charge in [-0.2, -0.15) is 0 Å². The highest BCUT2D eigenvalue weighted by Gasteiger charge is 2.25. The molecule has 1 rings (SSSR count). The topological polar surface area (TPSA) is 53.4 Å². The third kappa shape index (κ3) is 3.45. The molecule has 0 bridgehead atoms. The molecule has 102 valence electrons. The first kappa shape index (κ1) is 15.0. The average molecular weight is 270 g/mol. The van der Waals surface area contributed by atoms with Crippen LogP contribution in [0.15, 0.2) is 0 Å². The summed E-state index contributed by atoms with van der Waals surface area (Å²) in [5.41, 5.74) is 0.795. The van der Waals surface area contributed by atoms with Crippen molar-refractivity contribution in [1.82, 2.24) is 4.98 Å². The molecule has 0 unspecified atom stereocenters. The number of aromatic nitrogens is 1. The van der Waals surface area contributed by atoms with E-state index in [1.807, 2.05) is 0 Å². The minimum absolute atomic E-state index is 0.0611. The molecule has 0 aromatic carbocycles. The second-order valence-electron chi connectivity index (χ2n) is 5.26. The molecule has 0 aliphatic rings. The van der Waals surface area contributed by atoms with Crippen LogP contribution in [-0.2, 0) is 16.6 Å². The van der Waals surface area contributed by atoms with Crippen LogP contribution in [0.4, 0.5) is 5.13 Å². The van der Waals surface area contributed by atoms with Gasteiger partial charge in [-0.15, -0.1) is 11.3 Å². The molecule has 0 aliphatic heterocycles. The molecule has 1 N–H and O–H groups in total. The third-order valence-electron chi connectivity index (χ3n) is 2.74. The lowest BCUT2D eigenvalue weighted by atomic mass is 9.91. The van der Waals surface area contributed by atoms with Crippen molar-refractivity contribution in [3.63, 3.8) is 0 Å². The van der Waals surface area contributed by atoms with Crippen LogP contribution in [-0.4, -0.2) is 29.1 Å². The second-order valence-corrected chi connectivity index (χ2v) is 6.32. The fourth-order valence-electron chi connectivity index (χ4n) is 1.81. The van der Waals surface area contributed by atoms with Gasteiger partial charge in [-0.3, -0.25) is 4.79 Å². The zero-order valence-electron chi connectivity index (χ0n) is 11.8. The zero-order valence-corrected chi connectivity index (χ0v) is 12.6. The number of carbonyl (C=O) groups is 1. The summed E-state index contributed by atoms with van der Waals surface area (Å²) in [5, 5.41) is 9.92. The number of thiazole rings is 1. The van der Waals surface area contributed by atoms with Crippen molar-refractivity contribution in [1.29, 1.82) is 0 Å². The third-order valence-corrected chi connectivity index (χ3v) is 3.86. The fraction of sp³-hybridized carbons (Fsp3) is 0.692. The van der Waals surface area contributed by atoms with E-state index in [0.29, 0.717) is 0 Å². The van der Waals surface area contributed by atoms with E-state index in [1.165, 1.54) is 11.3 Å². The Labute approximate surface area is 113 Å². The predicted octanol–water partition coefficient (Wildman–Crippen LogP) is 2.91. The lowest BCUT2D eigenvalue weighted by molar-refractivity contribution is -0.136. The average Bonchev–Trinajstić information content (AvgIpc) is 2.62. The molecule has 0 amide bonds. The van der Waals surface area contributed by atoms with Crippen LogP contribution >= 0.6 is 11.3 Å². The number of carboxylic acids is 1. The highest BCUT2D eigenvalue weighted by Crippen LogP contribution is 2.34. The van der Waals surface area contributed by atoms with Crippen molar-refractivity contribution in [2.24, 2.45) is 0 Å². The Kier molecular flexibility index (Phi) is 4.73. The molecule has 0 saturated heterocycles. The Morgan fingerprint density at radius 1 is 1.33 bits per heavy atom. The summed E-state index contributed by atoms with van der Waals surface area (Å²) in [6, 6.07) is 0. The lowest BCUT2D eigenvalue weighted by Crippen LogP contribution is -2.22. The lowest BCUT2D eigenvalue weighted by Gasteiger charge is -2.18. The number of aliphatic carboxylic acids is 1. The highest BCUT2D eigenvalue weighted by molar-refractivity contribution is 7.15. The molecule has 1 aromatic rings. The Bertz CT molecular complexity index is 417. The van der Waals surface area contributed by atoms with Gasteiger partial charge in [0, 0.05) is 23.4 Å². The van der Waals surface area contributed by atoms with Crippen molar-refractivity contribution in [2.45, 2.75) is 46.5 Å². The number of carboxylic acid groups (broad SMARTS) is 1. The summed E-state index contributed by atoms with van der Waals surface area (Å²) < 4.78 is 0. The minimum atomic E-state index is -0.796. The molecule has 0 aliphatic carbocycles. The quantitative estimate of drug-likeness (QED) is 0.894. The monoisotopic (exact) mass is 270 g/mol. The summed E-state index contributed by atoms with van der Waals surface area (Å²) in [4.78, 5) is 18.6. The molecule has 0 atom stereocenters. The van der Waals surface area contributed by atoms with E-state index in [4.69, 9.17) is 5.11 Å². The molecule has 0 radical (unpaired) electrons. The van der Waals surface area contributed by atoms with Crippen molar-refractivity contribution in [2.75, 3.05) is 18.0 Å². The summed E-state index contributed by atoms with van der Waals surface area (Å²) in [5.74, 6) is -0.796. The van der Waals surface area contributed by atoms with Crippen LogP contribution in [0.5, 0.6) is 0 Å². The fourth-order valence-corrected chi connectivity index (χ4v) is 3.20. The number of hydrogen-bond donors (Lipinski definition) is 1. The van der Waals surface area contributed by atoms with Gasteiger partial charge >= 0.3 is 5.97 Å². The molecule has 4 nitrogen and oxygen atoms in total. The highest BCUT2D eigenvalue weighted by atomic mass is 32.1. The molecule has 5 heteroatoms. The summed E-state index contributed by atoms with van der Waals surface area (Å²) in [7, 11) is 0. The SMILES string of the molecule is CCN(CC)c1nc(C(C)(C)C)c(CC(=O)O)s1. The van der Waals surface area contributed by atoms with E-state index >= 15 is 0 Å². The first-order chi connectivity index (χ1) is 8.29. The molecular formula is C13H22N2O2S. The largest absolute Gasteiger partial charge is 0.481 e. The van der Waals surface area contributed by atoms with Crippen LogP contribution in [0, 0.1) is 0 Å². The van der Waals surface area contributed by atoms with Crippen molar-refractivity contribution >= 4 is 22.4 Å². The summed E-state index contributed by atoms with van der Waals surface area (Å²) in [6.45, 7) is 12.1. The van der Waals surface area contributed by atoms with Gasteiger partial charge in [0.2, 0.25) is 0 Å². The summed E-state index contributed by atoms with van der Waals surface area (Å²) in [6.07, 6.45) is 0.0611. The molecular weight excluding hydrogens is 248 g/mol. The van der Waals surface area contributed by atoms with Crippen LogP contribution in [0.1, 0.15) is 45.2 Å². The number of nitrogens with zero attached hydrogens (tertiary/aromatic N) is 2. The maximum atomic E-state index is 10.9. The van der Waals surface area contributed by atoms with Gasteiger partial charge in [0.15, 0.2) is 5.13 Å². The van der Waals surface area contributed by atoms with E-state index < -0.39 is 5.97 Å². The molecule has 18 heavy (non-hydrogen) atoms. The normalized spacial score (nSPS) is 11.6. The van der Waals surface area contributed by atoms with Crippen LogP contribution in [0.3, 0.4) is 0 Å². The van der Waals surface area contributed by atoms with Gasteiger partial charge in [-0.25, -0.2) is 4.98 Å². The van der Waals surface area contributed by atoms with E-state index in [0.717, 1.165) is 28.8 Å². The standard InChI is InChI=1S/C13H22N2O2S/c1-6-15(7-2)12-14-11(13(3,4)5)9(18-12)8-10(16)17/h6-8H2,1-5H3,(H,16,17). The maximum Gasteiger partial charge on any atom is 0.308 e. The van der Waals surface area contributed by atoms with Gasteiger partial charge in [-0.05, 0) is 13.8 Å². The molecule has 1 aromatic heterocycles. The Morgan fingerprint density at radius 3 is 2.28 bits per heavy atom. The Hall–Kier alpha value is -1.10. The minimum Gasteiger partial charge on any atom is -0.481 e. The second kappa shape index (κ2) is 5.69. The van der Waals surface area contributed by atoms with Crippen LogP contribution in [0.25, 0.3) is 0 Å². The number of rotatable bonds is 5. The molecule has 0 spiro atoms. The zero-order chi connectivity index (χ0) is 13.9. The smallest absolute Gasteiger partial charge is 0.308 e. The predicted molar refractivity (Wildman–Crippen MR) is 75.7 cm³/mol. The molecule has 0 fully saturated rings. The van der Waals surface area contributed by atoms with E-state index in [-0.39, 0.29) is 11.8 Å². The van der Waals surface area contributed by atoms with Gasteiger partial charge in [0.25, 0.3) is 0 Å². The van der Waals surface area contributed by atoms with Crippen molar-refractivity contribution in [3.05, 3.63) is 10.6 Å². The maximum absolute atomic E-state index is 10.9.